The normalized spacial score (nSPS) is 21.2. The second-order valence-corrected chi connectivity index (χ2v) is 6.81. The van der Waals surface area contributed by atoms with Crippen molar-refractivity contribution in [2.75, 3.05) is 18.8 Å². The number of morpholine rings is 1. The highest BCUT2D eigenvalue weighted by Crippen LogP contribution is 2.24. The molecule has 1 amide bonds. The van der Waals surface area contributed by atoms with Crippen LogP contribution >= 0.6 is 11.8 Å². The lowest BCUT2D eigenvalue weighted by atomic mass is 10.2. The Kier molecular flexibility index (Phi) is 5.25. The van der Waals surface area contributed by atoms with Gasteiger partial charge in [0.2, 0.25) is 5.91 Å². The minimum Gasteiger partial charge on any atom is -0.461 e. The van der Waals surface area contributed by atoms with Gasteiger partial charge in [-0.15, -0.1) is 10.2 Å². The summed E-state index contributed by atoms with van der Waals surface area (Å²) in [6.45, 7) is 8.00. The first-order chi connectivity index (χ1) is 11.6. The van der Waals surface area contributed by atoms with Crippen LogP contribution in [0, 0.1) is 0 Å². The topological polar surface area (TPSA) is 73.4 Å². The molecule has 2 aromatic heterocycles. The molecule has 130 valence electrons. The summed E-state index contributed by atoms with van der Waals surface area (Å²) in [5, 5.41) is 9.14. The van der Waals surface area contributed by atoms with Crippen molar-refractivity contribution in [3.8, 4) is 11.6 Å². The number of amides is 1. The molecule has 7 nitrogen and oxygen atoms in total. The molecule has 0 N–H and O–H groups in total. The predicted molar refractivity (Wildman–Crippen MR) is 90.7 cm³/mol. The number of ether oxygens (including phenoxy) is 1. The highest BCUT2D eigenvalue weighted by molar-refractivity contribution is 7.99. The van der Waals surface area contributed by atoms with Crippen molar-refractivity contribution in [2.45, 2.75) is 44.7 Å². The lowest BCUT2D eigenvalue weighted by Gasteiger charge is -2.35. The summed E-state index contributed by atoms with van der Waals surface area (Å²) < 4.78 is 13.0. The van der Waals surface area contributed by atoms with Gasteiger partial charge in [-0.2, -0.15) is 0 Å². The average molecular weight is 350 g/mol. The van der Waals surface area contributed by atoms with Crippen molar-refractivity contribution in [1.82, 2.24) is 19.7 Å². The Morgan fingerprint density at radius 1 is 1.33 bits per heavy atom. The SMILES string of the molecule is CCn1c(SCC(=O)N2C[C@@H](C)O[C@H](C)C2)nnc1-c1ccco1. The van der Waals surface area contributed by atoms with E-state index >= 15 is 0 Å². The van der Waals surface area contributed by atoms with Crippen LogP contribution in [0.5, 0.6) is 0 Å². The molecular weight excluding hydrogens is 328 g/mol. The Morgan fingerprint density at radius 2 is 2.08 bits per heavy atom. The van der Waals surface area contributed by atoms with E-state index in [0.717, 1.165) is 5.16 Å². The maximum atomic E-state index is 12.5. The number of carbonyl (C=O) groups excluding carboxylic acids is 1. The summed E-state index contributed by atoms with van der Waals surface area (Å²) in [6, 6.07) is 3.67. The smallest absolute Gasteiger partial charge is 0.233 e. The Bertz CT molecular complexity index is 676. The first-order valence-electron chi connectivity index (χ1n) is 8.11. The summed E-state index contributed by atoms with van der Waals surface area (Å²) >= 11 is 1.41. The second-order valence-electron chi connectivity index (χ2n) is 5.87. The van der Waals surface area contributed by atoms with Crippen molar-refractivity contribution in [3.05, 3.63) is 18.4 Å². The van der Waals surface area contributed by atoms with E-state index < -0.39 is 0 Å². The number of aromatic nitrogens is 3. The van der Waals surface area contributed by atoms with Gasteiger partial charge in [-0.25, -0.2) is 0 Å². The fourth-order valence-corrected chi connectivity index (χ4v) is 3.77. The zero-order valence-corrected chi connectivity index (χ0v) is 15.0. The molecule has 0 aromatic carbocycles. The predicted octanol–water partition coefficient (Wildman–Crippen LogP) is 2.29. The van der Waals surface area contributed by atoms with Crippen LogP contribution in [0.1, 0.15) is 20.8 Å². The van der Waals surface area contributed by atoms with Crippen molar-refractivity contribution in [3.63, 3.8) is 0 Å². The molecule has 1 fully saturated rings. The first-order valence-corrected chi connectivity index (χ1v) is 9.10. The molecule has 0 radical (unpaired) electrons. The maximum Gasteiger partial charge on any atom is 0.233 e. The number of rotatable bonds is 5. The van der Waals surface area contributed by atoms with Crippen LogP contribution in [0.3, 0.4) is 0 Å². The first kappa shape index (κ1) is 17.0. The lowest BCUT2D eigenvalue weighted by Crippen LogP contribution is -2.48. The van der Waals surface area contributed by atoms with Gasteiger partial charge in [0.1, 0.15) is 0 Å². The molecule has 8 heteroatoms. The molecule has 3 rings (SSSR count). The zero-order valence-electron chi connectivity index (χ0n) is 14.1. The third-order valence-electron chi connectivity index (χ3n) is 3.87. The number of hydrogen-bond donors (Lipinski definition) is 0. The van der Waals surface area contributed by atoms with Crippen LogP contribution in [0.2, 0.25) is 0 Å². The molecule has 0 unspecified atom stereocenters. The average Bonchev–Trinajstić information content (AvgIpc) is 3.20. The minimum absolute atomic E-state index is 0.0764. The van der Waals surface area contributed by atoms with Gasteiger partial charge >= 0.3 is 0 Å². The molecule has 1 aliphatic heterocycles. The molecule has 1 saturated heterocycles. The van der Waals surface area contributed by atoms with Gasteiger partial charge in [0.05, 0.1) is 24.2 Å². The molecule has 0 aliphatic carbocycles. The highest BCUT2D eigenvalue weighted by Gasteiger charge is 2.26. The van der Waals surface area contributed by atoms with Gasteiger partial charge < -0.3 is 14.1 Å². The number of nitrogens with zero attached hydrogens (tertiary/aromatic N) is 4. The van der Waals surface area contributed by atoms with E-state index in [9.17, 15) is 4.79 Å². The van der Waals surface area contributed by atoms with Gasteiger partial charge in [0, 0.05) is 19.6 Å². The standard InChI is InChI=1S/C16H22N4O3S/c1-4-20-15(13-6-5-7-22-13)17-18-16(20)24-10-14(21)19-8-11(2)23-12(3)9-19/h5-7,11-12H,4,8-10H2,1-3H3/t11-,12-/m1/s1. The molecule has 2 atom stereocenters. The van der Waals surface area contributed by atoms with Crippen LogP contribution in [-0.4, -0.2) is 56.6 Å². The third-order valence-corrected chi connectivity index (χ3v) is 4.82. The summed E-state index contributed by atoms with van der Waals surface area (Å²) in [6.07, 6.45) is 1.77. The van der Waals surface area contributed by atoms with E-state index in [1.807, 2.05) is 42.4 Å². The van der Waals surface area contributed by atoms with E-state index in [4.69, 9.17) is 9.15 Å². The van der Waals surface area contributed by atoms with Gasteiger partial charge in [-0.05, 0) is 32.9 Å². The Labute approximate surface area is 145 Å². The summed E-state index contributed by atoms with van der Waals surface area (Å²) in [5.41, 5.74) is 0. The number of hydrogen-bond acceptors (Lipinski definition) is 6. The number of thioether (sulfide) groups is 1. The van der Waals surface area contributed by atoms with Crippen molar-refractivity contribution < 1.29 is 13.9 Å². The van der Waals surface area contributed by atoms with E-state index in [1.165, 1.54) is 11.8 Å². The molecular formula is C16H22N4O3S. The number of carbonyl (C=O) groups is 1. The molecule has 3 heterocycles. The summed E-state index contributed by atoms with van der Waals surface area (Å²) in [7, 11) is 0. The highest BCUT2D eigenvalue weighted by atomic mass is 32.2. The number of furan rings is 1. The van der Waals surface area contributed by atoms with Crippen LogP contribution in [0.4, 0.5) is 0 Å². The van der Waals surface area contributed by atoms with Crippen molar-refractivity contribution >= 4 is 17.7 Å². The molecule has 2 aromatic rings. The van der Waals surface area contributed by atoms with Crippen LogP contribution in [-0.2, 0) is 16.1 Å². The quantitative estimate of drug-likeness (QED) is 0.770. The Morgan fingerprint density at radius 3 is 2.71 bits per heavy atom. The van der Waals surface area contributed by atoms with Crippen molar-refractivity contribution in [1.29, 1.82) is 0 Å². The molecule has 0 bridgehead atoms. The van der Waals surface area contributed by atoms with E-state index in [1.54, 1.807) is 6.26 Å². The van der Waals surface area contributed by atoms with E-state index in [0.29, 0.717) is 37.0 Å². The van der Waals surface area contributed by atoms with E-state index in [2.05, 4.69) is 10.2 Å². The summed E-state index contributed by atoms with van der Waals surface area (Å²) in [4.78, 5) is 14.3. The van der Waals surface area contributed by atoms with Crippen molar-refractivity contribution in [2.24, 2.45) is 0 Å². The maximum absolute atomic E-state index is 12.5. The monoisotopic (exact) mass is 350 g/mol. The Hall–Kier alpha value is -1.80. The van der Waals surface area contributed by atoms with Gasteiger partial charge in [-0.3, -0.25) is 9.36 Å². The molecule has 0 spiro atoms. The lowest BCUT2D eigenvalue weighted by molar-refractivity contribution is -0.140. The largest absolute Gasteiger partial charge is 0.461 e. The fraction of sp³-hybridized carbons (Fsp3) is 0.562. The molecule has 0 saturated carbocycles. The third kappa shape index (κ3) is 3.64. The van der Waals surface area contributed by atoms with Gasteiger partial charge in [0.15, 0.2) is 16.7 Å². The Balaban J connectivity index is 1.65. The molecule has 24 heavy (non-hydrogen) atoms. The van der Waals surface area contributed by atoms with Gasteiger partial charge in [-0.1, -0.05) is 11.8 Å². The van der Waals surface area contributed by atoms with E-state index in [-0.39, 0.29) is 18.1 Å². The second kappa shape index (κ2) is 7.40. The summed E-state index contributed by atoms with van der Waals surface area (Å²) in [5.74, 6) is 1.81. The van der Waals surface area contributed by atoms with Crippen LogP contribution in [0.25, 0.3) is 11.6 Å². The van der Waals surface area contributed by atoms with Gasteiger partial charge in [0.25, 0.3) is 0 Å². The van der Waals surface area contributed by atoms with Crippen LogP contribution in [0.15, 0.2) is 28.0 Å². The van der Waals surface area contributed by atoms with Crippen LogP contribution < -0.4 is 0 Å². The molecule has 1 aliphatic rings. The fourth-order valence-electron chi connectivity index (χ4n) is 2.87. The minimum atomic E-state index is 0.0764. The zero-order chi connectivity index (χ0) is 17.1.